The maximum atomic E-state index is 12.8. The number of halogens is 1. The number of carbonyl (C=O) groups excluding carboxylic acids is 1. The average Bonchev–Trinajstić information content (AvgIpc) is 3.24. The van der Waals surface area contributed by atoms with Gasteiger partial charge in [0.2, 0.25) is 5.91 Å². The van der Waals surface area contributed by atoms with E-state index in [0.29, 0.717) is 24.9 Å². The van der Waals surface area contributed by atoms with E-state index in [9.17, 15) is 9.59 Å². The summed E-state index contributed by atoms with van der Waals surface area (Å²) in [7, 11) is 0. The Kier molecular flexibility index (Phi) is 6.50. The summed E-state index contributed by atoms with van der Waals surface area (Å²) in [5, 5.41) is 3.47. The molecule has 1 aromatic carbocycles. The first-order valence-electron chi connectivity index (χ1n) is 10.3. The summed E-state index contributed by atoms with van der Waals surface area (Å²) in [5.41, 5.74) is 2.31. The first kappa shape index (κ1) is 20.9. The fraction of sp³-hybridized carbons (Fsp3) is 0.619. The molecule has 7 heteroatoms. The van der Waals surface area contributed by atoms with Gasteiger partial charge in [-0.25, -0.2) is 4.79 Å². The van der Waals surface area contributed by atoms with Gasteiger partial charge in [-0.05, 0) is 49.8 Å². The van der Waals surface area contributed by atoms with E-state index < -0.39 is 0 Å². The van der Waals surface area contributed by atoms with Gasteiger partial charge in [0.15, 0.2) is 0 Å². The van der Waals surface area contributed by atoms with E-state index in [1.54, 1.807) is 4.57 Å². The van der Waals surface area contributed by atoms with Crippen LogP contribution >= 0.6 is 12.4 Å². The van der Waals surface area contributed by atoms with Gasteiger partial charge in [-0.15, -0.1) is 12.4 Å². The molecule has 2 aromatic rings. The third-order valence-electron chi connectivity index (χ3n) is 6.43. The number of hydrogen-bond donors (Lipinski definition) is 1. The minimum Gasteiger partial charge on any atom is -0.343 e. The second-order valence-corrected chi connectivity index (χ2v) is 8.13. The second-order valence-electron chi connectivity index (χ2n) is 8.13. The van der Waals surface area contributed by atoms with Crippen LogP contribution in [0.5, 0.6) is 0 Å². The molecule has 0 radical (unpaired) electrons. The van der Waals surface area contributed by atoms with Crippen molar-refractivity contribution in [3.05, 3.63) is 34.7 Å². The Hall–Kier alpha value is -1.79. The van der Waals surface area contributed by atoms with Gasteiger partial charge in [-0.1, -0.05) is 19.1 Å². The topological polar surface area (TPSA) is 59.3 Å². The Morgan fingerprint density at radius 3 is 2.29 bits per heavy atom. The number of para-hydroxylation sites is 2. The lowest BCUT2D eigenvalue weighted by molar-refractivity contribution is -0.133. The second kappa shape index (κ2) is 8.70. The van der Waals surface area contributed by atoms with Crippen LogP contribution in [-0.4, -0.2) is 46.1 Å². The number of benzene rings is 1. The molecule has 6 nitrogen and oxygen atoms in total. The molecule has 4 rings (SSSR count). The summed E-state index contributed by atoms with van der Waals surface area (Å²) in [6.45, 7) is 7.16. The van der Waals surface area contributed by atoms with Gasteiger partial charge >= 0.3 is 5.69 Å². The highest BCUT2D eigenvalue weighted by molar-refractivity contribution is 5.85. The van der Waals surface area contributed by atoms with E-state index in [0.717, 1.165) is 56.5 Å². The number of likely N-dealkylation sites (tertiary alicyclic amines) is 1. The number of carbonyl (C=O) groups is 1. The highest BCUT2D eigenvalue weighted by atomic mass is 35.5. The monoisotopic (exact) mass is 406 g/mol. The standard InChI is InChI=1S/C21H30N4O2.ClH/c1-2-12-24-17-5-3-4-6-18(17)25(20(24)27)13-7-19(26)23-14-9-21(10-15-23)8-11-22-16-21;/h3-6,22H,2,7-16H2,1H3;1H. The van der Waals surface area contributed by atoms with Crippen LogP contribution in [0.4, 0.5) is 0 Å². The third-order valence-corrected chi connectivity index (χ3v) is 6.43. The summed E-state index contributed by atoms with van der Waals surface area (Å²) >= 11 is 0. The van der Waals surface area contributed by atoms with Crippen LogP contribution in [0.1, 0.15) is 39.0 Å². The number of nitrogens with zero attached hydrogens (tertiary/aromatic N) is 3. The van der Waals surface area contributed by atoms with E-state index in [2.05, 4.69) is 12.2 Å². The number of imidazole rings is 1. The quantitative estimate of drug-likeness (QED) is 0.830. The predicted molar refractivity (Wildman–Crippen MR) is 114 cm³/mol. The minimum absolute atomic E-state index is 0. The lowest BCUT2D eigenvalue weighted by Crippen LogP contribution is -2.44. The van der Waals surface area contributed by atoms with E-state index in [1.165, 1.54) is 6.42 Å². The molecule has 28 heavy (non-hydrogen) atoms. The van der Waals surface area contributed by atoms with Gasteiger partial charge in [0.25, 0.3) is 0 Å². The molecule has 2 aliphatic heterocycles. The van der Waals surface area contributed by atoms with Crippen molar-refractivity contribution in [1.82, 2.24) is 19.4 Å². The molecule has 2 aliphatic rings. The van der Waals surface area contributed by atoms with Gasteiger partial charge < -0.3 is 10.2 Å². The van der Waals surface area contributed by atoms with Gasteiger partial charge in [-0.3, -0.25) is 13.9 Å². The van der Waals surface area contributed by atoms with Crippen molar-refractivity contribution in [2.75, 3.05) is 26.2 Å². The SMILES string of the molecule is CCCn1c(=O)n(CCC(=O)N2CCC3(CCNC3)CC2)c2ccccc21.Cl. The van der Waals surface area contributed by atoms with Crippen LogP contribution in [-0.2, 0) is 17.9 Å². The molecule has 0 atom stereocenters. The zero-order valence-corrected chi connectivity index (χ0v) is 17.5. The average molecular weight is 407 g/mol. The summed E-state index contributed by atoms with van der Waals surface area (Å²) in [4.78, 5) is 27.6. The fourth-order valence-corrected chi connectivity index (χ4v) is 4.75. The molecule has 1 N–H and O–H groups in total. The van der Waals surface area contributed by atoms with Crippen LogP contribution in [0.2, 0.25) is 0 Å². The van der Waals surface area contributed by atoms with E-state index in [4.69, 9.17) is 0 Å². The summed E-state index contributed by atoms with van der Waals surface area (Å²) in [6.07, 6.45) is 4.74. The Balaban J connectivity index is 0.00000225. The molecule has 0 unspecified atom stereocenters. The Morgan fingerprint density at radius 2 is 1.71 bits per heavy atom. The third kappa shape index (κ3) is 3.85. The van der Waals surface area contributed by atoms with Crippen LogP contribution in [0.25, 0.3) is 11.0 Å². The lowest BCUT2D eigenvalue weighted by Gasteiger charge is -2.39. The van der Waals surface area contributed by atoms with Crippen molar-refractivity contribution in [2.45, 2.75) is 52.1 Å². The maximum Gasteiger partial charge on any atom is 0.329 e. The van der Waals surface area contributed by atoms with E-state index in [1.807, 2.05) is 33.7 Å². The van der Waals surface area contributed by atoms with Crippen molar-refractivity contribution < 1.29 is 4.79 Å². The molecule has 2 fully saturated rings. The van der Waals surface area contributed by atoms with Crippen LogP contribution in [0, 0.1) is 5.41 Å². The van der Waals surface area contributed by atoms with Crippen LogP contribution < -0.4 is 11.0 Å². The van der Waals surface area contributed by atoms with Gasteiger partial charge in [0.05, 0.1) is 11.0 Å². The lowest BCUT2D eigenvalue weighted by atomic mass is 9.78. The molecule has 2 saturated heterocycles. The summed E-state index contributed by atoms with van der Waals surface area (Å²) in [5.74, 6) is 0.176. The minimum atomic E-state index is 0. The van der Waals surface area contributed by atoms with Crippen molar-refractivity contribution in [3.8, 4) is 0 Å². The summed E-state index contributed by atoms with van der Waals surface area (Å²) in [6, 6.07) is 7.89. The van der Waals surface area contributed by atoms with Crippen molar-refractivity contribution in [3.63, 3.8) is 0 Å². The zero-order chi connectivity index (χ0) is 18.9. The highest BCUT2D eigenvalue weighted by Gasteiger charge is 2.37. The molecule has 3 heterocycles. The number of hydrogen-bond acceptors (Lipinski definition) is 3. The fourth-order valence-electron chi connectivity index (χ4n) is 4.75. The molecular weight excluding hydrogens is 376 g/mol. The number of aromatic nitrogens is 2. The first-order chi connectivity index (χ1) is 13.1. The van der Waals surface area contributed by atoms with Gasteiger partial charge in [0.1, 0.15) is 0 Å². The molecule has 154 valence electrons. The number of nitrogens with one attached hydrogen (secondary N) is 1. The van der Waals surface area contributed by atoms with Crippen molar-refractivity contribution in [2.24, 2.45) is 5.41 Å². The smallest absolute Gasteiger partial charge is 0.329 e. The number of amides is 1. The number of aryl methyl sites for hydroxylation is 2. The van der Waals surface area contributed by atoms with Crippen LogP contribution in [0.15, 0.2) is 29.1 Å². The Bertz CT molecular complexity index is 872. The molecule has 0 aliphatic carbocycles. The maximum absolute atomic E-state index is 12.8. The van der Waals surface area contributed by atoms with Crippen LogP contribution in [0.3, 0.4) is 0 Å². The number of fused-ring (bicyclic) bond motifs is 1. The molecule has 1 amide bonds. The van der Waals surface area contributed by atoms with Gasteiger partial charge in [0, 0.05) is 39.1 Å². The Labute approximate surface area is 172 Å². The molecular formula is C21H31ClN4O2. The number of piperidine rings is 1. The molecule has 0 saturated carbocycles. The Morgan fingerprint density at radius 1 is 1.07 bits per heavy atom. The van der Waals surface area contributed by atoms with E-state index >= 15 is 0 Å². The van der Waals surface area contributed by atoms with Gasteiger partial charge in [-0.2, -0.15) is 0 Å². The highest BCUT2D eigenvalue weighted by Crippen LogP contribution is 2.37. The zero-order valence-electron chi connectivity index (χ0n) is 16.7. The normalized spacial score (nSPS) is 18.5. The van der Waals surface area contributed by atoms with Crippen molar-refractivity contribution >= 4 is 29.3 Å². The largest absolute Gasteiger partial charge is 0.343 e. The molecule has 1 spiro atoms. The number of rotatable bonds is 5. The van der Waals surface area contributed by atoms with Crippen molar-refractivity contribution in [1.29, 1.82) is 0 Å². The first-order valence-corrected chi connectivity index (χ1v) is 10.3. The van der Waals surface area contributed by atoms with E-state index in [-0.39, 0.29) is 24.0 Å². The summed E-state index contributed by atoms with van der Waals surface area (Å²) < 4.78 is 3.60. The predicted octanol–water partition coefficient (Wildman–Crippen LogP) is 2.63. The molecule has 1 aromatic heterocycles. The molecule has 0 bridgehead atoms.